The lowest BCUT2D eigenvalue weighted by atomic mass is 10.1. The third-order valence-electron chi connectivity index (χ3n) is 3.48. The fourth-order valence-electron chi connectivity index (χ4n) is 2.35. The molecule has 0 radical (unpaired) electrons. The van der Waals surface area contributed by atoms with E-state index >= 15 is 0 Å². The van der Waals surface area contributed by atoms with E-state index in [0.717, 1.165) is 16.7 Å². The second-order valence-corrected chi connectivity index (χ2v) is 5.05. The number of carboxylic acids is 1. The van der Waals surface area contributed by atoms with Gasteiger partial charge in [-0.1, -0.05) is 12.1 Å². The number of hydrogen-bond donors (Lipinski definition) is 1. The summed E-state index contributed by atoms with van der Waals surface area (Å²) in [6.45, 7) is 0.643. The Hall–Kier alpha value is -3.01. The second kappa shape index (κ2) is 6.18. The van der Waals surface area contributed by atoms with Crippen molar-refractivity contribution in [3.63, 3.8) is 0 Å². The number of aromatic carboxylic acids is 1. The van der Waals surface area contributed by atoms with E-state index in [1.54, 1.807) is 18.2 Å². The summed E-state index contributed by atoms with van der Waals surface area (Å²) < 4.78 is 2.03. The minimum atomic E-state index is -0.900. The van der Waals surface area contributed by atoms with Crippen LogP contribution in [0.2, 0.25) is 0 Å². The summed E-state index contributed by atoms with van der Waals surface area (Å²) in [5, 5.41) is 9.03. The van der Waals surface area contributed by atoms with Crippen LogP contribution in [0, 0.1) is 0 Å². The van der Waals surface area contributed by atoms with Crippen molar-refractivity contribution >= 4 is 5.97 Å². The molecule has 108 valence electrons. The number of nitrogens with one attached hydrogen (secondary N) is 1. The van der Waals surface area contributed by atoms with E-state index in [9.17, 15) is 4.79 Å². The minimum absolute atomic E-state index is 0.315. The van der Waals surface area contributed by atoms with Gasteiger partial charge < -0.3 is 5.11 Å². The number of carbonyl (C=O) groups is 1. The molecule has 3 rings (SSSR count). The van der Waals surface area contributed by atoms with Gasteiger partial charge in [0.1, 0.15) is 0 Å². The zero-order valence-corrected chi connectivity index (χ0v) is 11.9. The summed E-state index contributed by atoms with van der Waals surface area (Å²) in [6.07, 6.45) is 7.79. The predicted octanol–water partition coefficient (Wildman–Crippen LogP) is 2.20. The summed E-state index contributed by atoms with van der Waals surface area (Å²) >= 11 is 0. The van der Waals surface area contributed by atoms with Crippen molar-refractivity contribution < 1.29 is 19.5 Å². The molecule has 0 spiro atoms. The third-order valence-corrected chi connectivity index (χ3v) is 3.48. The van der Waals surface area contributed by atoms with Crippen LogP contribution in [-0.2, 0) is 6.54 Å². The van der Waals surface area contributed by atoms with Gasteiger partial charge in [0.15, 0.2) is 31.3 Å². The van der Waals surface area contributed by atoms with E-state index in [-0.39, 0.29) is 0 Å². The monoisotopic (exact) mass is 292 g/mol. The highest BCUT2D eigenvalue weighted by Gasteiger charge is 2.08. The standard InChI is InChI=1S/C18H14N2O2/c21-18(22)17-3-1-2-14(12-17)13-20-10-6-16(7-11-20)15-4-8-19-9-5-15/h1-12H,13H2/p+2. The van der Waals surface area contributed by atoms with Crippen LogP contribution in [0.3, 0.4) is 0 Å². The average molecular weight is 292 g/mol. The van der Waals surface area contributed by atoms with Crippen molar-refractivity contribution in [2.24, 2.45) is 0 Å². The molecule has 0 saturated heterocycles. The van der Waals surface area contributed by atoms with Crippen molar-refractivity contribution in [2.45, 2.75) is 6.54 Å². The summed E-state index contributed by atoms with van der Waals surface area (Å²) in [4.78, 5) is 14.0. The molecule has 0 atom stereocenters. The van der Waals surface area contributed by atoms with Crippen molar-refractivity contribution in [3.8, 4) is 11.1 Å². The number of aromatic nitrogens is 2. The van der Waals surface area contributed by atoms with Crippen LogP contribution in [0.1, 0.15) is 15.9 Å². The molecule has 22 heavy (non-hydrogen) atoms. The Bertz CT molecular complexity index is 784. The lowest BCUT2D eigenvalue weighted by Crippen LogP contribution is -2.33. The molecule has 0 bridgehead atoms. The van der Waals surface area contributed by atoms with Gasteiger partial charge in [0.05, 0.1) is 5.56 Å². The Kier molecular flexibility index (Phi) is 3.92. The van der Waals surface area contributed by atoms with Gasteiger partial charge in [-0.2, -0.15) is 0 Å². The van der Waals surface area contributed by atoms with Gasteiger partial charge in [0.2, 0.25) is 0 Å². The first-order valence-electron chi connectivity index (χ1n) is 7.00. The molecular formula is C18H16N2O2+2. The van der Waals surface area contributed by atoms with Crippen LogP contribution in [-0.4, -0.2) is 11.1 Å². The normalized spacial score (nSPS) is 10.4. The van der Waals surface area contributed by atoms with Crippen LogP contribution in [0.4, 0.5) is 0 Å². The van der Waals surface area contributed by atoms with Gasteiger partial charge >= 0.3 is 5.97 Å². The zero-order chi connectivity index (χ0) is 15.4. The Balaban J connectivity index is 1.79. The molecule has 2 N–H and O–H groups in total. The van der Waals surface area contributed by atoms with Gasteiger partial charge in [-0.15, -0.1) is 0 Å². The molecule has 0 aliphatic heterocycles. The fourth-order valence-corrected chi connectivity index (χ4v) is 2.35. The molecule has 0 fully saturated rings. The van der Waals surface area contributed by atoms with E-state index < -0.39 is 5.97 Å². The maximum Gasteiger partial charge on any atom is 0.335 e. The molecule has 4 heteroatoms. The number of benzene rings is 1. The number of rotatable bonds is 4. The SMILES string of the molecule is O=C(O)c1cccc(C[n+]2ccc(-c3cc[nH+]cc3)cc2)c1. The summed E-state index contributed by atoms with van der Waals surface area (Å²) in [5.74, 6) is -0.900. The largest absolute Gasteiger partial charge is 0.478 e. The quantitative estimate of drug-likeness (QED) is 0.750. The van der Waals surface area contributed by atoms with Gasteiger partial charge in [0.25, 0.3) is 0 Å². The minimum Gasteiger partial charge on any atom is -0.478 e. The Morgan fingerprint density at radius 2 is 1.68 bits per heavy atom. The van der Waals surface area contributed by atoms with E-state index in [4.69, 9.17) is 5.11 Å². The first-order valence-corrected chi connectivity index (χ1v) is 7.00. The van der Waals surface area contributed by atoms with E-state index in [1.807, 2.05) is 47.6 Å². The van der Waals surface area contributed by atoms with E-state index in [0.29, 0.717) is 12.1 Å². The molecule has 3 aromatic rings. The summed E-state index contributed by atoms with van der Waals surface area (Å²) in [7, 11) is 0. The van der Waals surface area contributed by atoms with Gasteiger partial charge in [-0.25, -0.2) is 14.3 Å². The Morgan fingerprint density at radius 3 is 2.36 bits per heavy atom. The molecule has 0 aliphatic carbocycles. The Labute approximate surface area is 128 Å². The number of carboxylic acid groups (broad SMARTS) is 1. The van der Waals surface area contributed by atoms with Crippen LogP contribution in [0.5, 0.6) is 0 Å². The van der Waals surface area contributed by atoms with E-state index in [2.05, 4.69) is 17.1 Å². The summed E-state index contributed by atoms with van der Waals surface area (Å²) in [5.41, 5.74) is 3.57. The van der Waals surface area contributed by atoms with Gasteiger partial charge in [0, 0.05) is 29.8 Å². The van der Waals surface area contributed by atoms with Gasteiger partial charge in [-0.3, -0.25) is 0 Å². The number of nitrogens with zero attached hydrogens (tertiary/aromatic N) is 1. The van der Waals surface area contributed by atoms with Crippen molar-refractivity contribution in [1.82, 2.24) is 0 Å². The highest BCUT2D eigenvalue weighted by Crippen LogP contribution is 2.15. The topological polar surface area (TPSA) is 55.3 Å². The second-order valence-electron chi connectivity index (χ2n) is 5.05. The lowest BCUT2D eigenvalue weighted by molar-refractivity contribution is -0.688. The maximum atomic E-state index is 11.0. The molecular weight excluding hydrogens is 276 g/mol. The van der Waals surface area contributed by atoms with Crippen LogP contribution >= 0.6 is 0 Å². The van der Waals surface area contributed by atoms with Gasteiger partial charge in [-0.05, 0) is 23.3 Å². The third kappa shape index (κ3) is 3.17. The number of aromatic amines is 1. The zero-order valence-electron chi connectivity index (χ0n) is 11.9. The van der Waals surface area contributed by atoms with E-state index in [1.165, 1.54) is 0 Å². The fraction of sp³-hybridized carbons (Fsp3) is 0.0556. The molecule has 0 aliphatic rings. The molecule has 0 saturated carbocycles. The lowest BCUT2D eigenvalue weighted by Gasteiger charge is -2.01. The molecule has 1 aromatic carbocycles. The number of hydrogen-bond acceptors (Lipinski definition) is 1. The van der Waals surface area contributed by atoms with Crippen LogP contribution < -0.4 is 9.55 Å². The molecule has 2 aromatic heterocycles. The molecule has 4 nitrogen and oxygen atoms in total. The first kappa shape index (κ1) is 13.9. The number of H-pyrrole nitrogens is 1. The highest BCUT2D eigenvalue weighted by molar-refractivity contribution is 5.87. The predicted molar refractivity (Wildman–Crippen MR) is 81.1 cm³/mol. The maximum absolute atomic E-state index is 11.0. The smallest absolute Gasteiger partial charge is 0.335 e. The molecule has 2 heterocycles. The average Bonchev–Trinajstić information content (AvgIpc) is 2.56. The van der Waals surface area contributed by atoms with Crippen LogP contribution in [0.25, 0.3) is 11.1 Å². The molecule has 0 amide bonds. The van der Waals surface area contributed by atoms with Crippen molar-refractivity contribution in [1.29, 1.82) is 0 Å². The first-order chi connectivity index (χ1) is 10.7. The molecule has 0 unspecified atom stereocenters. The Morgan fingerprint density at radius 1 is 1.00 bits per heavy atom. The summed E-state index contributed by atoms with van der Waals surface area (Å²) in [6, 6.07) is 15.2. The van der Waals surface area contributed by atoms with Crippen molar-refractivity contribution in [3.05, 3.63) is 84.4 Å². The highest BCUT2D eigenvalue weighted by atomic mass is 16.4. The number of pyridine rings is 2. The van der Waals surface area contributed by atoms with Crippen LogP contribution in [0.15, 0.2) is 73.3 Å². The van der Waals surface area contributed by atoms with Crippen molar-refractivity contribution in [2.75, 3.05) is 0 Å².